The van der Waals surface area contributed by atoms with Gasteiger partial charge in [0.2, 0.25) is 11.8 Å². The molecule has 1 fully saturated rings. The van der Waals surface area contributed by atoms with Crippen LogP contribution in [0.3, 0.4) is 0 Å². The number of hydrogen-bond donors (Lipinski definition) is 0. The van der Waals surface area contributed by atoms with E-state index in [1.165, 1.54) is 9.80 Å². The lowest BCUT2D eigenvalue weighted by Gasteiger charge is -2.31. The Hall–Kier alpha value is -3.39. The Morgan fingerprint density at radius 1 is 0.912 bits per heavy atom. The lowest BCUT2D eigenvalue weighted by Crippen LogP contribution is -2.50. The van der Waals surface area contributed by atoms with Crippen LogP contribution in [0.25, 0.3) is 0 Å². The highest BCUT2D eigenvalue weighted by Crippen LogP contribution is 2.15. The summed E-state index contributed by atoms with van der Waals surface area (Å²) in [5.74, 6) is -0.307. The van der Waals surface area contributed by atoms with Gasteiger partial charge in [-0.3, -0.25) is 9.59 Å². The van der Waals surface area contributed by atoms with Crippen molar-refractivity contribution in [2.75, 3.05) is 40.3 Å². The van der Waals surface area contributed by atoms with Crippen LogP contribution in [-0.4, -0.2) is 79.0 Å². The van der Waals surface area contributed by atoms with Crippen molar-refractivity contribution in [3.63, 3.8) is 0 Å². The second kappa shape index (κ2) is 12.7. The van der Waals surface area contributed by atoms with E-state index >= 15 is 0 Å². The molecule has 8 nitrogen and oxygen atoms in total. The number of amides is 3. The monoisotopic (exact) mass is 467 g/mol. The number of carbonyl (C=O) groups excluding carboxylic acids is 3. The number of carbonyl (C=O) groups is 3. The molecule has 0 radical (unpaired) electrons. The largest absolute Gasteiger partial charge is 0.445 e. The van der Waals surface area contributed by atoms with Crippen LogP contribution in [0.2, 0.25) is 0 Å². The van der Waals surface area contributed by atoms with Crippen LogP contribution < -0.4 is 0 Å². The molecule has 3 amide bonds. The summed E-state index contributed by atoms with van der Waals surface area (Å²) in [7, 11) is 3.35. The Morgan fingerprint density at radius 3 is 2.15 bits per heavy atom. The highest BCUT2D eigenvalue weighted by atomic mass is 16.6. The van der Waals surface area contributed by atoms with E-state index in [0.29, 0.717) is 26.2 Å². The Bertz CT molecular complexity index is 936. The van der Waals surface area contributed by atoms with Crippen molar-refractivity contribution in [2.45, 2.75) is 32.1 Å². The van der Waals surface area contributed by atoms with Gasteiger partial charge in [-0.15, -0.1) is 0 Å². The van der Waals surface area contributed by atoms with E-state index < -0.39 is 12.1 Å². The van der Waals surface area contributed by atoms with Crippen LogP contribution in [0.15, 0.2) is 60.7 Å². The maximum Gasteiger partial charge on any atom is 0.410 e. The van der Waals surface area contributed by atoms with Gasteiger partial charge in [0.15, 0.2) is 0 Å². The number of likely N-dealkylation sites (N-methyl/N-ethyl adjacent to an activating group) is 1. The van der Waals surface area contributed by atoms with Crippen LogP contribution in [0, 0.1) is 0 Å². The Kier molecular flexibility index (Phi) is 9.46. The summed E-state index contributed by atoms with van der Waals surface area (Å²) in [6.07, 6.45) is 0.0662. The second-order valence-electron chi connectivity index (χ2n) is 8.44. The molecule has 1 atom stereocenters. The third-order valence-electron chi connectivity index (χ3n) is 5.74. The zero-order valence-electron chi connectivity index (χ0n) is 19.9. The molecular weight excluding hydrogens is 434 g/mol. The summed E-state index contributed by atoms with van der Waals surface area (Å²) in [6.45, 7) is 1.79. The van der Waals surface area contributed by atoms with Gasteiger partial charge in [-0.1, -0.05) is 60.7 Å². The number of hydrogen-bond acceptors (Lipinski definition) is 5. The molecule has 1 aliphatic rings. The Morgan fingerprint density at radius 2 is 1.53 bits per heavy atom. The van der Waals surface area contributed by atoms with E-state index in [9.17, 15) is 14.4 Å². The molecule has 0 aliphatic carbocycles. The summed E-state index contributed by atoms with van der Waals surface area (Å²) < 4.78 is 11.2. The molecule has 1 aliphatic heterocycles. The quantitative estimate of drug-likeness (QED) is 0.530. The predicted octanol–water partition coefficient (Wildman–Crippen LogP) is 2.92. The van der Waals surface area contributed by atoms with Crippen molar-refractivity contribution in [2.24, 2.45) is 0 Å². The fourth-order valence-electron chi connectivity index (χ4n) is 3.83. The summed E-state index contributed by atoms with van der Waals surface area (Å²) in [5.41, 5.74) is 1.95. The zero-order valence-corrected chi connectivity index (χ0v) is 19.9. The first-order valence-electron chi connectivity index (χ1n) is 11.5. The average molecular weight is 468 g/mol. The number of rotatable bonds is 9. The molecule has 0 bridgehead atoms. The van der Waals surface area contributed by atoms with Gasteiger partial charge >= 0.3 is 6.09 Å². The van der Waals surface area contributed by atoms with Crippen LogP contribution in [0.4, 0.5) is 4.79 Å². The fraction of sp³-hybridized carbons (Fsp3) is 0.423. The first-order valence-corrected chi connectivity index (χ1v) is 11.5. The number of benzene rings is 2. The molecule has 0 saturated carbocycles. The Labute approximate surface area is 201 Å². The maximum atomic E-state index is 12.9. The van der Waals surface area contributed by atoms with Crippen molar-refractivity contribution in [3.8, 4) is 0 Å². The standard InChI is InChI=1S/C26H33N3O5/c1-27(2)25(31)23(14-18-33-19-21-9-5-3-6-10-21)29-17-16-28(15-13-24(29)30)26(32)34-20-22-11-7-4-8-12-22/h3-12,23H,13-20H2,1-2H3. The minimum absolute atomic E-state index is 0.141. The molecule has 1 saturated heterocycles. The van der Waals surface area contributed by atoms with Gasteiger partial charge in [0, 0.05) is 53.2 Å². The van der Waals surface area contributed by atoms with Gasteiger partial charge in [-0.05, 0) is 11.1 Å². The van der Waals surface area contributed by atoms with E-state index in [-0.39, 0.29) is 37.9 Å². The van der Waals surface area contributed by atoms with Gasteiger partial charge in [-0.25, -0.2) is 4.79 Å². The molecule has 182 valence electrons. The van der Waals surface area contributed by atoms with E-state index in [1.54, 1.807) is 19.0 Å². The predicted molar refractivity (Wildman–Crippen MR) is 128 cm³/mol. The maximum absolute atomic E-state index is 12.9. The molecule has 1 unspecified atom stereocenters. The highest BCUT2D eigenvalue weighted by molar-refractivity contribution is 5.88. The van der Waals surface area contributed by atoms with E-state index in [2.05, 4.69) is 0 Å². The summed E-state index contributed by atoms with van der Waals surface area (Å²) in [6, 6.07) is 18.6. The first-order chi connectivity index (χ1) is 16.5. The average Bonchev–Trinajstić information content (AvgIpc) is 3.05. The lowest BCUT2D eigenvalue weighted by atomic mass is 10.1. The molecular formula is C26H33N3O5. The molecule has 0 N–H and O–H groups in total. The smallest absolute Gasteiger partial charge is 0.410 e. The normalized spacial score (nSPS) is 14.9. The summed E-state index contributed by atoms with van der Waals surface area (Å²) in [5, 5.41) is 0. The van der Waals surface area contributed by atoms with Crippen LogP contribution in [0.5, 0.6) is 0 Å². The minimum atomic E-state index is -0.640. The van der Waals surface area contributed by atoms with Gasteiger partial charge in [0.1, 0.15) is 12.6 Å². The Balaban J connectivity index is 1.56. The molecule has 34 heavy (non-hydrogen) atoms. The SMILES string of the molecule is CN(C)C(=O)C(CCOCc1ccccc1)N1CCN(C(=O)OCc2ccccc2)CCC1=O. The van der Waals surface area contributed by atoms with Crippen LogP contribution in [0.1, 0.15) is 24.0 Å². The molecule has 0 spiro atoms. The topological polar surface area (TPSA) is 79.4 Å². The molecule has 2 aromatic carbocycles. The zero-order chi connectivity index (χ0) is 24.3. The van der Waals surface area contributed by atoms with Crippen molar-refractivity contribution >= 4 is 17.9 Å². The van der Waals surface area contributed by atoms with E-state index in [0.717, 1.165) is 11.1 Å². The van der Waals surface area contributed by atoms with Gasteiger partial charge in [-0.2, -0.15) is 0 Å². The van der Waals surface area contributed by atoms with Gasteiger partial charge in [0.25, 0.3) is 0 Å². The highest BCUT2D eigenvalue weighted by Gasteiger charge is 2.33. The van der Waals surface area contributed by atoms with Crippen LogP contribution in [-0.2, 0) is 32.3 Å². The van der Waals surface area contributed by atoms with Crippen molar-refractivity contribution in [1.82, 2.24) is 14.7 Å². The fourth-order valence-corrected chi connectivity index (χ4v) is 3.83. The van der Waals surface area contributed by atoms with E-state index in [1.807, 2.05) is 60.7 Å². The van der Waals surface area contributed by atoms with Gasteiger partial charge < -0.3 is 24.2 Å². The molecule has 8 heteroatoms. The van der Waals surface area contributed by atoms with E-state index in [4.69, 9.17) is 9.47 Å². The summed E-state index contributed by atoms with van der Waals surface area (Å²) >= 11 is 0. The molecule has 2 aromatic rings. The second-order valence-corrected chi connectivity index (χ2v) is 8.44. The third kappa shape index (κ3) is 7.31. The van der Waals surface area contributed by atoms with Crippen molar-refractivity contribution in [1.29, 1.82) is 0 Å². The molecule has 3 rings (SSSR count). The van der Waals surface area contributed by atoms with Crippen molar-refractivity contribution in [3.05, 3.63) is 71.8 Å². The molecule has 1 heterocycles. The minimum Gasteiger partial charge on any atom is -0.445 e. The third-order valence-corrected chi connectivity index (χ3v) is 5.74. The number of ether oxygens (including phenoxy) is 2. The van der Waals surface area contributed by atoms with Crippen LogP contribution >= 0.6 is 0 Å². The van der Waals surface area contributed by atoms with Gasteiger partial charge in [0.05, 0.1) is 6.61 Å². The lowest BCUT2D eigenvalue weighted by molar-refractivity contribution is -0.144. The molecule has 0 aromatic heterocycles. The van der Waals surface area contributed by atoms with Crippen molar-refractivity contribution < 1.29 is 23.9 Å². The summed E-state index contributed by atoms with van der Waals surface area (Å²) in [4.78, 5) is 43.0. The first kappa shape index (κ1) is 25.2. The number of nitrogens with zero attached hydrogens (tertiary/aromatic N) is 3.